The van der Waals surface area contributed by atoms with E-state index in [-0.39, 0.29) is 18.3 Å². The van der Waals surface area contributed by atoms with Crippen molar-refractivity contribution in [3.05, 3.63) is 72.2 Å². The third kappa shape index (κ3) is 5.84. The van der Waals surface area contributed by atoms with Gasteiger partial charge < -0.3 is 19.0 Å². The highest BCUT2D eigenvalue weighted by molar-refractivity contribution is 7.93. The van der Waals surface area contributed by atoms with Crippen molar-refractivity contribution in [2.45, 2.75) is 50.9 Å². The van der Waals surface area contributed by atoms with E-state index in [0.717, 1.165) is 5.52 Å². The summed E-state index contributed by atoms with van der Waals surface area (Å²) in [5, 5.41) is 23.5. The fraction of sp³-hybridized carbons (Fsp3) is 0.367. The predicted octanol–water partition coefficient (Wildman–Crippen LogP) is 5.10. The standard InChI is InChI=1S/C30H38N6O6SSi/c1-20-14-15-26(42-20)29-32-33-30(35(29)27-24(40-3)12-9-13-25(27)41-4)34(18-19-44(5,6)7)43(38,39)21(2)28(37)23-11-8-10-22-16-17-31-36(22)23/h8-17,21,28,37H,18-19H2,1-7H3/t21-,28+/m1/s1. The number of fused-ring (bicyclic) bond motifs is 1. The first-order valence-corrected chi connectivity index (χ1v) is 19.4. The van der Waals surface area contributed by atoms with Crippen molar-refractivity contribution in [1.29, 1.82) is 0 Å². The maximum Gasteiger partial charge on any atom is 0.246 e. The van der Waals surface area contributed by atoms with Crippen LogP contribution in [0.1, 0.15) is 24.5 Å². The fourth-order valence-corrected chi connectivity index (χ4v) is 7.60. The second kappa shape index (κ2) is 12.1. The molecule has 0 radical (unpaired) electrons. The Bertz CT molecular complexity index is 1850. The zero-order valence-corrected chi connectivity index (χ0v) is 27.7. The molecule has 234 valence electrons. The maximum absolute atomic E-state index is 14.7. The number of rotatable bonds is 12. The maximum atomic E-state index is 14.7. The number of aliphatic hydroxyl groups is 1. The summed E-state index contributed by atoms with van der Waals surface area (Å²) in [7, 11) is -3.02. The van der Waals surface area contributed by atoms with Gasteiger partial charge in [0.25, 0.3) is 0 Å². The number of hydrogen-bond donors (Lipinski definition) is 1. The number of aliphatic hydroxyl groups excluding tert-OH is 1. The summed E-state index contributed by atoms with van der Waals surface area (Å²) in [6.45, 7) is 9.92. The number of ether oxygens (including phenoxy) is 2. The molecule has 0 spiro atoms. The van der Waals surface area contributed by atoms with E-state index in [1.54, 1.807) is 63.8 Å². The number of furan rings is 1. The van der Waals surface area contributed by atoms with Crippen LogP contribution >= 0.6 is 0 Å². The van der Waals surface area contributed by atoms with Gasteiger partial charge in [0.15, 0.2) is 5.76 Å². The van der Waals surface area contributed by atoms with Crippen molar-refractivity contribution in [2.75, 3.05) is 25.1 Å². The molecule has 4 aromatic heterocycles. The monoisotopic (exact) mass is 638 g/mol. The molecule has 14 heteroatoms. The topological polar surface area (TPSA) is 137 Å². The minimum atomic E-state index is -4.28. The lowest BCUT2D eigenvalue weighted by Crippen LogP contribution is -2.44. The van der Waals surface area contributed by atoms with Crippen molar-refractivity contribution in [3.8, 4) is 28.8 Å². The second-order valence-electron chi connectivity index (χ2n) is 11.8. The molecule has 0 fully saturated rings. The highest BCUT2D eigenvalue weighted by atomic mass is 32.2. The van der Waals surface area contributed by atoms with Gasteiger partial charge in [-0.3, -0.25) is 4.57 Å². The summed E-state index contributed by atoms with van der Waals surface area (Å²) < 4.78 is 51.1. The van der Waals surface area contributed by atoms with Gasteiger partial charge in [-0.05, 0) is 62.4 Å². The average molecular weight is 639 g/mol. The zero-order chi connectivity index (χ0) is 31.8. The minimum Gasteiger partial charge on any atom is -0.494 e. The Labute approximate surface area is 257 Å². The molecule has 0 aliphatic rings. The smallest absolute Gasteiger partial charge is 0.246 e. The highest BCUT2D eigenvalue weighted by Gasteiger charge is 2.40. The molecule has 2 atom stereocenters. The second-order valence-corrected chi connectivity index (χ2v) is 19.6. The number of pyridine rings is 1. The van der Waals surface area contributed by atoms with Crippen LogP contribution in [0.2, 0.25) is 25.7 Å². The summed E-state index contributed by atoms with van der Waals surface area (Å²) in [5.74, 6) is 2.14. The van der Waals surface area contributed by atoms with E-state index in [1.165, 1.54) is 25.4 Å². The Morgan fingerprint density at radius 2 is 1.68 bits per heavy atom. The number of nitrogens with zero attached hydrogens (tertiary/aromatic N) is 6. The molecule has 5 rings (SSSR count). The van der Waals surface area contributed by atoms with Crippen LogP contribution in [0, 0.1) is 6.92 Å². The van der Waals surface area contributed by atoms with E-state index in [9.17, 15) is 13.5 Å². The number of aromatic nitrogens is 5. The molecular formula is C30H38N6O6SSi. The van der Waals surface area contributed by atoms with Crippen LogP contribution in [0.15, 0.2) is 65.2 Å². The van der Waals surface area contributed by atoms with Gasteiger partial charge in [0, 0.05) is 20.8 Å². The van der Waals surface area contributed by atoms with Crippen LogP contribution in [0.5, 0.6) is 11.5 Å². The summed E-state index contributed by atoms with van der Waals surface area (Å²) in [5.41, 5.74) is 1.50. The molecule has 5 aromatic rings. The lowest BCUT2D eigenvalue weighted by Gasteiger charge is -2.31. The molecule has 44 heavy (non-hydrogen) atoms. The van der Waals surface area contributed by atoms with Gasteiger partial charge in [0.1, 0.15) is 34.3 Å². The lowest BCUT2D eigenvalue weighted by atomic mass is 10.2. The minimum absolute atomic E-state index is 0.0199. The van der Waals surface area contributed by atoms with Gasteiger partial charge in [-0.25, -0.2) is 17.2 Å². The molecule has 0 saturated heterocycles. The van der Waals surface area contributed by atoms with E-state index in [2.05, 4.69) is 34.9 Å². The van der Waals surface area contributed by atoms with Crippen molar-refractivity contribution in [1.82, 2.24) is 24.4 Å². The Kier molecular flexibility index (Phi) is 8.60. The molecule has 0 amide bonds. The van der Waals surface area contributed by atoms with Crippen molar-refractivity contribution in [2.24, 2.45) is 0 Å². The molecule has 1 aromatic carbocycles. The Morgan fingerprint density at radius 3 is 2.30 bits per heavy atom. The van der Waals surface area contributed by atoms with Crippen LogP contribution in [-0.4, -0.2) is 72.0 Å². The molecule has 1 N–H and O–H groups in total. The molecule has 0 aliphatic heterocycles. The normalized spacial score (nSPS) is 13.6. The summed E-state index contributed by atoms with van der Waals surface area (Å²) in [4.78, 5) is 0. The van der Waals surface area contributed by atoms with Crippen molar-refractivity contribution in [3.63, 3.8) is 0 Å². The van der Waals surface area contributed by atoms with Crippen LogP contribution < -0.4 is 13.8 Å². The van der Waals surface area contributed by atoms with E-state index in [0.29, 0.717) is 40.4 Å². The quantitative estimate of drug-likeness (QED) is 0.185. The molecule has 4 heterocycles. The third-order valence-electron chi connectivity index (χ3n) is 7.50. The van der Waals surface area contributed by atoms with Gasteiger partial charge >= 0.3 is 0 Å². The molecule has 12 nitrogen and oxygen atoms in total. The van der Waals surface area contributed by atoms with Crippen molar-refractivity contribution >= 4 is 29.6 Å². The first kappa shape index (κ1) is 31.3. The third-order valence-corrected chi connectivity index (χ3v) is 11.4. The van der Waals surface area contributed by atoms with E-state index >= 15 is 0 Å². The number of anilines is 1. The number of benzene rings is 1. The van der Waals surface area contributed by atoms with Gasteiger partial charge in [0.05, 0.1) is 25.4 Å². The number of sulfonamides is 1. The van der Waals surface area contributed by atoms with Gasteiger partial charge in [-0.1, -0.05) is 31.8 Å². The number of aryl methyl sites for hydroxylation is 1. The van der Waals surface area contributed by atoms with Gasteiger partial charge in [-0.15, -0.1) is 10.2 Å². The zero-order valence-electron chi connectivity index (χ0n) is 25.9. The fourth-order valence-electron chi connectivity index (χ4n) is 4.99. The number of para-hydroxylation sites is 1. The van der Waals surface area contributed by atoms with Crippen LogP contribution in [-0.2, 0) is 10.0 Å². The Balaban J connectivity index is 1.72. The first-order chi connectivity index (χ1) is 20.9. The largest absolute Gasteiger partial charge is 0.494 e. The molecule has 0 unspecified atom stereocenters. The van der Waals surface area contributed by atoms with Crippen LogP contribution in [0.3, 0.4) is 0 Å². The van der Waals surface area contributed by atoms with Crippen LogP contribution in [0.4, 0.5) is 5.95 Å². The molecule has 0 aliphatic carbocycles. The highest BCUT2D eigenvalue weighted by Crippen LogP contribution is 2.40. The Hall–Kier alpha value is -4.14. The summed E-state index contributed by atoms with van der Waals surface area (Å²) in [6.07, 6.45) is 0.203. The Morgan fingerprint density at radius 1 is 1.00 bits per heavy atom. The molecular weight excluding hydrogens is 601 g/mol. The van der Waals surface area contributed by atoms with Gasteiger partial charge in [-0.2, -0.15) is 5.10 Å². The molecule has 0 bridgehead atoms. The molecule has 0 saturated carbocycles. The van der Waals surface area contributed by atoms with E-state index in [4.69, 9.17) is 13.9 Å². The summed E-state index contributed by atoms with van der Waals surface area (Å²) in [6, 6.07) is 16.5. The predicted molar refractivity (Wildman–Crippen MR) is 171 cm³/mol. The number of hydrogen-bond acceptors (Lipinski definition) is 9. The van der Waals surface area contributed by atoms with Crippen molar-refractivity contribution < 1.29 is 27.4 Å². The van der Waals surface area contributed by atoms with E-state index < -0.39 is 29.5 Å². The average Bonchev–Trinajstić information content (AvgIpc) is 3.75. The summed E-state index contributed by atoms with van der Waals surface area (Å²) >= 11 is 0. The number of methoxy groups -OCH3 is 2. The first-order valence-electron chi connectivity index (χ1n) is 14.2. The van der Waals surface area contributed by atoms with Gasteiger partial charge in [0.2, 0.25) is 21.8 Å². The van der Waals surface area contributed by atoms with E-state index in [1.807, 2.05) is 13.0 Å². The van der Waals surface area contributed by atoms with Crippen LogP contribution in [0.25, 0.3) is 22.8 Å². The lowest BCUT2D eigenvalue weighted by molar-refractivity contribution is 0.168. The SMILES string of the molecule is COc1cccc(OC)c1-n1c(-c2ccc(C)o2)nnc1N(CC[Si](C)(C)C)S(=O)(=O)[C@H](C)[C@H](O)c1cccc2ccnn12.